The fourth-order valence-electron chi connectivity index (χ4n) is 3.15. The van der Waals surface area contributed by atoms with Gasteiger partial charge in [0.25, 0.3) is 0 Å². The van der Waals surface area contributed by atoms with Crippen molar-refractivity contribution in [3.05, 3.63) is 89.8 Å². The van der Waals surface area contributed by atoms with E-state index in [9.17, 15) is 0 Å². The highest BCUT2D eigenvalue weighted by atomic mass is 32.1. The van der Waals surface area contributed by atoms with E-state index in [2.05, 4.69) is 83.5 Å². The van der Waals surface area contributed by atoms with Gasteiger partial charge in [0.05, 0.1) is 6.61 Å². The molecule has 0 fully saturated rings. The minimum Gasteiger partial charge on any atom is -0.494 e. The van der Waals surface area contributed by atoms with E-state index in [0.717, 1.165) is 31.9 Å². The van der Waals surface area contributed by atoms with Gasteiger partial charge >= 0.3 is 0 Å². The summed E-state index contributed by atoms with van der Waals surface area (Å²) in [5.41, 5.74) is 3.85. The molecule has 136 valence electrons. The third-order valence-corrected chi connectivity index (χ3v) is 5.55. The molecule has 0 aliphatic rings. The average Bonchev–Trinajstić information content (AvgIpc) is 3.16. The third-order valence-electron chi connectivity index (χ3n) is 4.58. The summed E-state index contributed by atoms with van der Waals surface area (Å²) in [6.07, 6.45) is 0.990. The predicted octanol–water partition coefficient (Wildman–Crippen LogP) is 6.13. The van der Waals surface area contributed by atoms with Crippen LogP contribution in [0.15, 0.2) is 84.2 Å². The number of fused-ring (bicyclic) bond motifs is 1. The van der Waals surface area contributed by atoms with Crippen molar-refractivity contribution in [2.75, 3.05) is 13.2 Å². The Morgan fingerprint density at radius 1 is 0.815 bits per heavy atom. The summed E-state index contributed by atoms with van der Waals surface area (Å²) >= 11 is 1.79. The minimum absolute atomic E-state index is 0.725. The first-order valence-corrected chi connectivity index (χ1v) is 10.2. The summed E-state index contributed by atoms with van der Waals surface area (Å²) < 4.78 is 7.21. The molecule has 0 saturated heterocycles. The predicted molar refractivity (Wildman–Crippen MR) is 116 cm³/mol. The molecule has 1 N–H and O–H groups in total. The molecule has 3 heteroatoms. The van der Waals surface area contributed by atoms with Crippen molar-refractivity contribution < 1.29 is 4.74 Å². The van der Waals surface area contributed by atoms with Crippen molar-refractivity contribution >= 4 is 21.4 Å². The second kappa shape index (κ2) is 8.85. The zero-order valence-electron chi connectivity index (χ0n) is 15.2. The van der Waals surface area contributed by atoms with Crippen molar-refractivity contribution in [2.24, 2.45) is 0 Å². The number of benzene rings is 3. The molecule has 0 amide bonds. The van der Waals surface area contributed by atoms with Crippen LogP contribution in [0.25, 0.3) is 21.2 Å². The molecule has 1 heterocycles. The zero-order chi connectivity index (χ0) is 18.3. The highest BCUT2D eigenvalue weighted by molar-refractivity contribution is 7.17. The standard InChI is InChI=1S/C24H23NOS/c1-2-7-19(8-3-1)17-25-15-6-16-26-21-13-11-20(12-14-21)23-18-27-24-10-5-4-9-22(23)24/h1-5,7-14,18,25H,6,15-17H2. The Balaban J connectivity index is 1.25. The normalized spacial score (nSPS) is 11.0. The van der Waals surface area contributed by atoms with Gasteiger partial charge in [0.2, 0.25) is 0 Å². The van der Waals surface area contributed by atoms with Crippen LogP contribution in [-0.2, 0) is 6.54 Å². The zero-order valence-corrected chi connectivity index (χ0v) is 16.0. The van der Waals surface area contributed by atoms with Crippen molar-refractivity contribution in [3.8, 4) is 16.9 Å². The SMILES string of the molecule is c1ccc(CNCCCOc2ccc(-c3csc4ccccc34)cc2)cc1. The third kappa shape index (κ3) is 4.57. The largest absolute Gasteiger partial charge is 0.494 e. The van der Waals surface area contributed by atoms with Gasteiger partial charge in [-0.25, -0.2) is 0 Å². The van der Waals surface area contributed by atoms with Crippen LogP contribution < -0.4 is 10.1 Å². The maximum atomic E-state index is 5.88. The molecule has 0 unspecified atom stereocenters. The summed E-state index contributed by atoms with van der Waals surface area (Å²) in [4.78, 5) is 0. The van der Waals surface area contributed by atoms with E-state index in [4.69, 9.17) is 4.74 Å². The van der Waals surface area contributed by atoms with Gasteiger partial charge in [-0.1, -0.05) is 60.7 Å². The second-order valence-electron chi connectivity index (χ2n) is 6.53. The lowest BCUT2D eigenvalue weighted by atomic mass is 10.0. The first-order chi connectivity index (χ1) is 13.4. The maximum absolute atomic E-state index is 5.88. The summed E-state index contributed by atoms with van der Waals surface area (Å²) in [6, 6.07) is 27.5. The van der Waals surface area contributed by atoms with E-state index in [1.54, 1.807) is 11.3 Å². The van der Waals surface area contributed by atoms with Crippen molar-refractivity contribution in [1.82, 2.24) is 5.32 Å². The Hall–Kier alpha value is -2.62. The van der Waals surface area contributed by atoms with E-state index in [1.807, 2.05) is 6.07 Å². The van der Waals surface area contributed by atoms with Crippen molar-refractivity contribution in [3.63, 3.8) is 0 Å². The first kappa shape index (κ1) is 17.8. The van der Waals surface area contributed by atoms with Crippen molar-refractivity contribution in [2.45, 2.75) is 13.0 Å². The van der Waals surface area contributed by atoms with Crippen LogP contribution in [0.1, 0.15) is 12.0 Å². The van der Waals surface area contributed by atoms with E-state index in [0.29, 0.717) is 0 Å². The highest BCUT2D eigenvalue weighted by Crippen LogP contribution is 2.34. The number of thiophene rings is 1. The molecule has 0 saturated carbocycles. The Morgan fingerprint density at radius 2 is 1.59 bits per heavy atom. The first-order valence-electron chi connectivity index (χ1n) is 9.34. The Bertz CT molecular complexity index is 976. The molecule has 0 aliphatic heterocycles. The lowest BCUT2D eigenvalue weighted by molar-refractivity contribution is 0.308. The maximum Gasteiger partial charge on any atom is 0.119 e. The van der Waals surface area contributed by atoms with Gasteiger partial charge in [-0.2, -0.15) is 0 Å². The molecule has 0 atom stereocenters. The summed E-state index contributed by atoms with van der Waals surface area (Å²) in [7, 11) is 0. The molecule has 3 aromatic carbocycles. The topological polar surface area (TPSA) is 21.3 Å². The molecule has 4 rings (SSSR count). The molecule has 0 aliphatic carbocycles. The van der Waals surface area contributed by atoms with Crippen LogP contribution in [0.2, 0.25) is 0 Å². The molecular formula is C24H23NOS. The quantitative estimate of drug-likeness (QED) is 0.375. The molecule has 4 aromatic rings. The minimum atomic E-state index is 0.725. The fourth-order valence-corrected chi connectivity index (χ4v) is 4.12. The lowest BCUT2D eigenvalue weighted by Crippen LogP contribution is -2.16. The number of hydrogen-bond donors (Lipinski definition) is 1. The van der Waals surface area contributed by atoms with Crippen LogP contribution in [0.4, 0.5) is 0 Å². The lowest BCUT2D eigenvalue weighted by Gasteiger charge is -2.08. The number of ether oxygens (including phenoxy) is 1. The van der Waals surface area contributed by atoms with Crippen LogP contribution in [0, 0.1) is 0 Å². The highest BCUT2D eigenvalue weighted by Gasteiger charge is 2.06. The monoisotopic (exact) mass is 373 g/mol. The molecule has 0 bridgehead atoms. The van der Waals surface area contributed by atoms with Crippen LogP contribution >= 0.6 is 11.3 Å². The molecule has 27 heavy (non-hydrogen) atoms. The van der Waals surface area contributed by atoms with E-state index in [-0.39, 0.29) is 0 Å². The summed E-state index contributed by atoms with van der Waals surface area (Å²) in [5.74, 6) is 0.932. The van der Waals surface area contributed by atoms with Crippen LogP contribution in [-0.4, -0.2) is 13.2 Å². The van der Waals surface area contributed by atoms with Crippen molar-refractivity contribution in [1.29, 1.82) is 0 Å². The van der Waals surface area contributed by atoms with Gasteiger partial charge in [-0.3, -0.25) is 0 Å². The van der Waals surface area contributed by atoms with Gasteiger partial charge in [0.1, 0.15) is 5.75 Å². The van der Waals surface area contributed by atoms with Gasteiger partial charge < -0.3 is 10.1 Å². The van der Waals surface area contributed by atoms with Crippen LogP contribution in [0.5, 0.6) is 5.75 Å². The Morgan fingerprint density at radius 3 is 2.44 bits per heavy atom. The number of nitrogens with one attached hydrogen (secondary N) is 1. The van der Waals surface area contributed by atoms with E-state index in [1.165, 1.54) is 26.8 Å². The van der Waals surface area contributed by atoms with Gasteiger partial charge in [-0.05, 0) is 47.7 Å². The number of hydrogen-bond acceptors (Lipinski definition) is 3. The Kier molecular flexibility index (Phi) is 5.83. The van der Waals surface area contributed by atoms with Gasteiger partial charge in [0.15, 0.2) is 0 Å². The number of rotatable bonds is 8. The fraction of sp³-hybridized carbons (Fsp3) is 0.167. The smallest absolute Gasteiger partial charge is 0.119 e. The second-order valence-corrected chi connectivity index (χ2v) is 7.45. The van der Waals surface area contributed by atoms with Gasteiger partial charge in [-0.15, -0.1) is 11.3 Å². The molecular weight excluding hydrogens is 350 g/mol. The average molecular weight is 374 g/mol. The van der Waals surface area contributed by atoms with Crippen LogP contribution in [0.3, 0.4) is 0 Å². The summed E-state index contributed by atoms with van der Waals surface area (Å²) in [6.45, 7) is 2.58. The van der Waals surface area contributed by atoms with E-state index < -0.39 is 0 Å². The van der Waals surface area contributed by atoms with E-state index >= 15 is 0 Å². The summed E-state index contributed by atoms with van der Waals surface area (Å²) in [5, 5.41) is 7.01. The molecule has 1 aromatic heterocycles. The molecule has 0 radical (unpaired) electrons. The Labute approximate surface area is 164 Å². The molecule has 0 spiro atoms. The molecule has 2 nitrogen and oxygen atoms in total. The van der Waals surface area contributed by atoms with Gasteiger partial charge in [0, 0.05) is 22.2 Å².